The lowest BCUT2D eigenvalue weighted by atomic mass is 10.2. The molecule has 0 bridgehead atoms. The quantitative estimate of drug-likeness (QED) is 0.837. The minimum Gasteiger partial charge on any atom is -0.394 e. The summed E-state index contributed by atoms with van der Waals surface area (Å²) >= 11 is 5.42. The summed E-state index contributed by atoms with van der Waals surface area (Å²) in [6.07, 6.45) is 0. The van der Waals surface area contributed by atoms with Gasteiger partial charge in [-0.2, -0.15) is 5.10 Å². The molecular formula is C12H11ClF2N4O. The number of carbonyl (C=O) groups is 1. The first-order valence-corrected chi connectivity index (χ1v) is 5.94. The number of nitrogens with one attached hydrogen (secondary N) is 1. The molecule has 0 atom stereocenters. The zero-order chi connectivity index (χ0) is 15.0. The Kier molecular flexibility index (Phi) is 3.63. The molecule has 1 aromatic carbocycles. The highest BCUT2D eigenvalue weighted by Gasteiger charge is 2.19. The van der Waals surface area contributed by atoms with Crippen LogP contribution in [0.15, 0.2) is 12.1 Å². The van der Waals surface area contributed by atoms with Gasteiger partial charge >= 0.3 is 0 Å². The van der Waals surface area contributed by atoms with Crippen LogP contribution in [0.1, 0.15) is 16.1 Å². The van der Waals surface area contributed by atoms with Gasteiger partial charge in [0.2, 0.25) is 0 Å². The van der Waals surface area contributed by atoms with Gasteiger partial charge in [0.1, 0.15) is 11.6 Å². The van der Waals surface area contributed by atoms with Crippen LogP contribution in [-0.4, -0.2) is 15.7 Å². The molecule has 8 heteroatoms. The summed E-state index contributed by atoms with van der Waals surface area (Å²) in [7, 11) is 1.57. The summed E-state index contributed by atoms with van der Waals surface area (Å²) in [5.74, 6) is -2.44. The number of rotatable bonds is 2. The van der Waals surface area contributed by atoms with Crippen LogP contribution >= 0.6 is 11.6 Å². The van der Waals surface area contributed by atoms with E-state index in [1.807, 2.05) is 0 Å². The van der Waals surface area contributed by atoms with Crippen molar-refractivity contribution in [2.45, 2.75) is 6.92 Å². The second kappa shape index (κ2) is 5.09. The van der Waals surface area contributed by atoms with Gasteiger partial charge in [-0.1, -0.05) is 11.6 Å². The first kappa shape index (κ1) is 14.3. The molecule has 3 N–H and O–H groups in total. The molecule has 5 nitrogen and oxygen atoms in total. The number of hydrogen-bond acceptors (Lipinski definition) is 3. The third-order valence-electron chi connectivity index (χ3n) is 2.76. The Hall–Kier alpha value is -2.15. The standard InChI is InChI=1S/C12H11ClF2N4O/c1-5-10(16)11(19(2)18-5)17-12(20)6-3-9(15)7(13)4-8(6)14/h3-4H,16H2,1-2H3,(H,17,20). The average molecular weight is 301 g/mol. The molecule has 106 valence electrons. The average Bonchev–Trinajstić information content (AvgIpc) is 2.60. The molecule has 0 unspecified atom stereocenters. The highest BCUT2D eigenvalue weighted by Crippen LogP contribution is 2.24. The van der Waals surface area contributed by atoms with Gasteiger partial charge in [-0.15, -0.1) is 0 Å². The van der Waals surface area contributed by atoms with Gasteiger partial charge in [0.05, 0.1) is 22.0 Å². The summed E-state index contributed by atoms with van der Waals surface area (Å²) in [5.41, 5.74) is 6.05. The van der Waals surface area contributed by atoms with E-state index in [0.29, 0.717) is 5.69 Å². The lowest BCUT2D eigenvalue weighted by Crippen LogP contribution is -2.17. The van der Waals surface area contributed by atoms with Crippen LogP contribution in [0.3, 0.4) is 0 Å². The number of aryl methyl sites for hydroxylation is 2. The Morgan fingerprint density at radius 1 is 1.40 bits per heavy atom. The largest absolute Gasteiger partial charge is 0.394 e. The van der Waals surface area contributed by atoms with E-state index < -0.39 is 28.1 Å². The lowest BCUT2D eigenvalue weighted by molar-refractivity contribution is 0.102. The maximum Gasteiger partial charge on any atom is 0.259 e. The molecule has 0 saturated carbocycles. The van der Waals surface area contributed by atoms with Crippen molar-refractivity contribution in [3.05, 3.63) is 40.0 Å². The maximum atomic E-state index is 13.6. The normalized spacial score (nSPS) is 10.7. The van der Waals surface area contributed by atoms with Crippen LogP contribution in [0, 0.1) is 18.6 Å². The van der Waals surface area contributed by atoms with Gasteiger partial charge in [-0.25, -0.2) is 8.78 Å². The Labute approximate surface area is 118 Å². The fourth-order valence-electron chi connectivity index (χ4n) is 1.69. The number of anilines is 2. The monoisotopic (exact) mass is 300 g/mol. The number of amides is 1. The molecule has 0 aliphatic heterocycles. The maximum absolute atomic E-state index is 13.6. The number of carbonyl (C=O) groups excluding carboxylic acids is 1. The van der Waals surface area contributed by atoms with Crippen molar-refractivity contribution in [1.82, 2.24) is 9.78 Å². The highest BCUT2D eigenvalue weighted by molar-refractivity contribution is 6.30. The van der Waals surface area contributed by atoms with E-state index in [-0.39, 0.29) is 11.5 Å². The summed E-state index contributed by atoms with van der Waals surface area (Å²) < 4.78 is 28.3. The van der Waals surface area contributed by atoms with E-state index in [2.05, 4.69) is 10.4 Å². The van der Waals surface area contributed by atoms with Crippen LogP contribution < -0.4 is 11.1 Å². The molecule has 2 rings (SSSR count). The van der Waals surface area contributed by atoms with Gasteiger partial charge in [-0.3, -0.25) is 9.48 Å². The molecule has 0 radical (unpaired) electrons. The lowest BCUT2D eigenvalue weighted by Gasteiger charge is -2.08. The van der Waals surface area contributed by atoms with Gasteiger partial charge < -0.3 is 11.1 Å². The van der Waals surface area contributed by atoms with Crippen molar-refractivity contribution < 1.29 is 13.6 Å². The van der Waals surface area contributed by atoms with E-state index in [1.54, 1.807) is 14.0 Å². The van der Waals surface area contributed by atoms with Gasteiger partial charge in [0.25, 0.3) is 5.91 Å². The predicted octanol–water partition coefficient (Wildman–Crippen LogP) is 2.49. The van der Waals surface area contributed by atoms with Crippen molar-refractivity contribution in [2.75, 3.05) is 11.1 Å². The van der Waals surface area contributed by atoms with Crippen molar-refractivity contribution in [1.29, 1.82) is 0 Å². The molecule has 0 fully saturated rings. The van der Waals surface area contributed by atoms with Crippen molar-refractivity contribution in [2.24, 2.45) is 7.05 Å². The van der Waals surface area contributed by atoms with Crippen LogP contribution in [0.25, 0.3) is 0 Å². The Morgan fingerprint density at radius 2 is 2.05 bits per heavy atom. The number of hydrogen-bond donors (Lipinski definition) is 2. The number of nitrogens with two attached hydrogens (primary N) is 1. The van der Waals surface area contributed by atoms with E-state index in [9.17, 15) is 13.6 Å². The first-order valence-electron chi connectivity index (χ1n) is 5.56. The number of nitrogen functional groups attached to an aromatic ring is 1. The molecule has 0 aliphatic carbocycles. The van der Waals surface area contributed by atoms with E-state index >= 15 is 0 Å². The molecule has 2 aromatic rings. The van der Waals surface area contributed by atoms with E-state index in [4.69, 9.17) is 17.3 Å². The second-order valence-corrected chi connectivity index (χ2v) is 4.58. The zero-order valence-corrected chi connectivity index (χ0v) is 11.4. The van der Waals surface area contributed by atoms with Crippen molar-refractivity contribution in [3.8, 4) is 0 Å². The molecule has 1 heterocycles. The fourth-order valence-corrected chi connectivity index (χ4v) is 1.84. The Bertz CT molecular complexity index is 699. The van der Waals surface area contributed by atoms with E-state index in [1.165, 1.54) is 4.68 Å². The van der Waals surface area contributed by atoms with Crippen molar-refractivity contribution in [3.63, 3.8) is 0 Å². The van der Waals surface area contributed by atoms with Crippen LogP contribution in [-0.2, 0) is 7.05 Å². The smallest absolute Gasteiger partial charge is 0.259 e. The Morgan fingerprint density at radius 3 is 2.60 bits per heavy atom. The van der Waals surface area contributed by atoms with Crippen LogP contribution in [0.2, 0.25) is 5.02 Å². The van der Waals surface area contributed by atoms with Gasteiger partial charge in [-0.05, 0) is 19.1 Å². The number of aromatic nitrogens is 2. The summed E-state index contributed by atoms with van der Waals surface area (Å²) in [6, 6.07) is 1.47. The summed E-state index contributed by atoms with van der Waals surface area (Å²) in [6.45, 7) is 1.66. The molecule has 20 heavy (non-hydrogen) atoms. The molecule has 1 aromatic heterocycles. The summed E-state index contributed by atoms with van der Waals surface area (Å²) in [4.78, 5) is 12.0. The van der Waals surface area contributed by atoms with Crippen molar-refractivity contribution >= 4 is 29.0 Å². The molecule has 0 spiro atoms. The number of halogens is 3. The third-order valence-corrected chi connectivity index (χ3v) is 3.04. The van der Waals surface area contributed by atoms with E-state index in [0.717, 1.165) is 12.1 Å². The minimum absolute atomic E-state index is 0.210. The van der Waals surface area contributed by atoms with Gasteiger partial charge in [0, 0.05) is 7.05 Å². The SMILES string of the molecule is Cc1nn(C)c(NC(=O)c2cc(F)c(Cl)cc2F)c1N. The summed E-state index contributed by atoms with van der Waals surface area (Å²) in [5, 5.41) is 6.00. The molecule has 0 aliphatic rings. The Balaban J connectivity index is 2.36. The van der Waals surface area contributed by atoms with Crippen LogP contribution in [0.4, 0.5) is 20.3 Å². The number of benzene rings is 1. The second-order valence-electron chi connectivity index (χ2n) is 4.17. The fraction of sp³-hybridized carbons (Fsp3) is 0.167. The topological polar surface area (TPSA) is 72.9 Å². The molecular weight excluding hydrogens is 290 g/mol. The third kappa shape index (κ3) is 2.44. The molecule has 1 amide bonds. The molecule has 0 saturated heterocycles. The van der Waals surface area contributed by atoms with Crippen LogP contribution in [0.5, 0.6) is 0 Å². The zero-order valence-electron chi connectivity index (χ0n) is 10.7. The highest BCUT2D eigenvalue weighted by atomic mass is 35.5. The predicted molar refractivity (Wildman–Crippen MR) is 71.7 cm³/mol. The number of nitrogens with zero attached hydrogens (tertiary/aromatic N) is 2. The first-order chi connectivity index (χ1) is 9.31. The van der Waals surface area contributed by atoms with Gasteiger partial charge in [0.15, 0.2) is 5.82 Å². The minimum atomic E-state index is -0.925.